The molecule has 1 aromatic heterocycles. The largest absolute Gasteiger partial charge is 0.359 e. The predicted molar refractivity (Wildman–Crippen MR) is 130 cm³/mol. The van der Waals surface area contributed by atoms with Crippen LogP contribution in [0.15, 0.2) is 134 Å². The van der Waals surface area contributed by atoms with Gasteiger partial charge in [0.25, 0.3) is 0 Å². The van der Waals surface area contributed by atoms with Gasteiger partial charge in [-0.15, -0.1) is 0 Å². The van der Waals surface area contributed by atoms with Crippen LogP contribution in [0.1, 0.15) is 12.0 Å². The molecule has 0 fully saturated rings. The molecule has 8 bridgehead atoms. The minimum atomic E-state index is -3.17. The number of aliphatic imine (C=N–C) groups is 4. The summed E-state index contributed by atoms with van der Waals surface area (Å²) in [5.74, 6) is 0. The molecular weight excluding hydrogens is 451 g/mol. The van der Waals surface area contributed by atoms with Gasteiger partial charge in [0.15, 0.2) is 6.20 Å². The van der Waals surface area contributed by atoms with Crippen LogP contribution in [-0.2, 0) is 0 Å². The van der Waals surface area contributed by atoms with Crippen LogP contribution in [-0.4, -0.2) is 29.3 Å². The molecule has 6 heterocycles. The summed E-state index contributed by atoms with van der Waals surface area (Å²) in [5.41, 5.74) is 6.20. The van der Waals surface area contributed by atoms with Crippen molar-refractivity contribution in [2.24, 2.45) is 20.0 Å². The van der Waals surface area contributed by atoms with Gasteiger partial charge in [-0.3, -0.25) is 0 Å². The molecule has 0 saturated carbocycles. The summed E-state index contributed by atoms with van der Waals surface area (Å²) < 4.78 is 41.9. The van der Waals surface area contributed by atoms with Crippen molar-refractivity contribution in [3.05, 3.63) is 120 Å². The number of pyridine rings is 1. The van der Waals surface area contributed by atoms with Crippen molar-refractivity contribution in [1.82, 2.24) is 0 Å². The van der Waals surface area contributed by atoms with Gasteiger partial charge in [0.2, 0.25) is 5.69 Å². The third-order valence-corrected chi connectivity index (χ3v) is 5.68. The Morgan fingerprint density at radius 2 is 1.17 bits per heavy atom. The predicted octanol–water partition coefficient (Wildman–Crippen LogP) is 5.13. The molecule has 0 aliphatic carbocycles. The number of hydrogen-bond donors (Lipinski definition) is 0. The summed E-state index contributed by atoms with van der Waals surface area (Å²) in [5, 5.41) is 0. The first kappa shape index (κ1) is 21.1. The number of allylic oxidation sites excluding steroid dienone is 12. The Kier molecular flexibility index (Phi) is 5.06. The summed E-state index contributed by atoms with van der Waals surface area (Å²) in [6, 6.07) is 4.79. The molecule has 1 atom stereocenters. The average molecular weight is 468 g/mol. The van der Waals surface area contributed by atoms with Crippen LogP contribution in [0.2, 0.25) is 0 Å². The van der Waals surface area contributed by atoms with E-state index in [4.69, 9.17) is 4.99 Å². The molecule has 0 radical (unpaired) electrons. The third-order valence-electron chi connectivity index (χ3n) is 5.68. The van der Waals surface area contributed by atoms with Gasteiger partial charge in [0.1, 0.15) is 0 Å². The molecule has 0 amide bonds. The lowest BCUT2D eigenvalue weighted by atomic mass is 10.1. The zero-order valence-corrected chi connectivity index (χ0v) is 18.2. The van der Waals surface area contributed by atoms with E-state index < -0.39 is 12.7 Å². The number of alkyl halides is 3. The van der Waals surface area contributed by atoms with Crippen LogP contribution in [0.25, 0.3) is 5.57 Å². The van der Waals surface area contributed by atoms with Crippen LogP contribution in [0.3, 0.4) is 0 Å². The summed E-state index contributed by atoms with van der Waals surface area (Å²) in [6.07, 6.45) is 15.9. The minimum absolute atomic E-state index is 0.285. The molecule has 5 aliphatic rings. The lowest BCUT2D eigenvalue weighted by molar-refractivity contribution is -0.759. The molecule has 35 heavy (non-hydrogen) atoms. The maximum Gasteiger partial charge on any atom is 0.359 e. The van der Waals surface area contributed by atoms with Crippen molar-refractivity contribution in [3.63, 3.8) is 0 Å². The van der Waals surface area contributed by atoms with Crippen LogP contribution in [0.4, 0.5) is 13.2 Å². The zero-order chi connectivity index (χ0) is 23.9. The maximum atomic E-state index is 14.5. The molecule has 5 nitrogen and oxygen atoms in total. The monoisotopic (exact) mass is 468 g/mol. The molecule has 1 aromatic rings. The van der Waals surface area contributed by atoms with E-state index in [0.717, 1.165) is 27.4 Å². The van der Waals surface area contributed by atoms with Crippen LogP contribution in [0.5, 0.6) is 0 Å². The van der Waals surface area contributed by atoms with E-state index in [1.807, 2.05) is 48.6 Å². The van der Waals surface area contributed by atoms with Crippen molar-refractivity contribution in [2.45, 2.75) is 12.7 Å². The van der Waals surface area contributed by atoms with E-state index in [0.29, 0.717) is 28.4 Å². The lowest BCUT2D eigenvalue weighted by Crippen LogP contribution is -2.44. The lowest BCUT2D eigenvalue weighted by Gasteiger charge is -2.08. The first-order valence-electron chi connectivity index (χ1n) is 10.9. The van der Waals surface area contributed by atoms with Gasteiger partial charge < -0.3 is 0 Å². The Morgan fingerprint density at radius 1 is 0.600 bits per heavy atom. The van der Waals surface area contributed by atoms with Gasteiger partial charge >= 0.3 is 12.7 Å². The van der Waals surface area contributed by atoms with Crippen molar-refractivity contribution < 1.29 is 17.7 Å². The van der Waals surface area contributed by atoms with E-state index in [1.165, 1.54) is 12.3 Å². The van der Waals surface area contributed by atoms with Gasteiger partial charge in [0, 0.05) is 12.1 Å². The molecule has 0 aromatic carbocycles. The molecule has 0 N–H and O–H groups in total. The molecule has 0 spiro atoms. The molecule has 5 aliphatic heterocycles. The highest BCUT2D eigenvalue weighted by Crippen LogP contribution is 2.28. The Labute approximate surface area is 198 Å². The molecule has 170 valence electrons. The van der Waals surface area contributed by atoms with Crippen LogP contribution >= 0.6 is 0 Å². The number of halogens is 3. The smallest absolute Gasteiger partial charge is 0.249 e. The van der Waals surface area contributed by atoms with Gasteiger partial charge in [-0.05, 0) is 72.9 Å². The minimum Gasteiger partial charge on any atom is -0.249 e. The normalized spacial score (nSPS) is 20.6. The van der Waals surface area contributed by atoms with Gasteiger partial charge in [-0.25, -0.2) is 20.0 Å². The van der Waals surface area contributed by atoms with Crippen molar-refractivity contribution >= 4 is 28.4 Å². The highest BCUT2D eigenvalue weighted by molar-refractivity contribution is 6.32. The Balaban J connectivity index is 1.50. The summed E-state index contributed by atoms with van der Waals surface area (Å²) in [7, 11) is 0. The number of fused-ring (bicyclic) bond motifs is 4. The van der Waals surface area contributed by atoms with E-state index in [1.54, 1.807) is 30.4 Å². The van der Waals surface area contributed by atoms with E-state index in [-0.39, 0.29) is 5.69 Å². The second kappa shape index (κ2) is 8.39. The fourth-order valence-corrected chi connectivity index (χ4v) is 4.12. The number of rotatable bonds is 3. The zero-order valence-electron chi connectivity index (χ0n) is 18.2. The number of aromatic nitrogens is 1. The quantitative estimate of drug-likeness (QED) is 0.553. The first-order valence-corrected chi connectivity index (χ1v) is 10.9. The molecule has 6 rings (SSSR count). The molecule has 0 saturated heterocycles. The van der Waals surface area contributed by atoms with E-state index in [9.17, 15) is 13.2 Å². The van der Waals surface area contributed by atoms with Gasteiger partial charge in [-0.2, -0.15) is 17.7 Å². The van der Waals surface area contributed by atoms with Gasteiger partial charge in [0.05, 0.1) is 51.2 Å². The Morgan fingerprint density at radius 3 is 1.77 bits per heavy atom. The Bertz CT molecular complexity index is 1520. The fraction of sp³-hybridized carbons (Fsp3) is 0.0741. The van der Waals surface area contributed by atoms with Crippen molar-refractivity contribution in [2.75, 3.05) is 0 Å². The highest BCUT2D eigenvalue weighted by Gasteiger charge is 2.34. The molecule has 1 unspecified atom stereocenters. The second-order valence-electron chi connectivity index (χ2n) is 8.14. The summed E-state index contributed by atoms with van der Waals surface area (Å²) >= 11 is 0. The molecular formula is C27H17F3N5+. The second-order valence-corrected chi connectivity index (χ2v) is 8.14. The summed E-state index contributed by atoms with van der Waals surface area (Å²) in [4.78, 5) is 18.5. The van der Waals surface area contributed by atoms with E-state index in [2.05, 4.69) is 15.0 Å². The maximum absolute atomic E-state index is 14.5. The molecule has 8 heteroatoms. The van der Waals surface area contributed by atoms with Crippen molar-refractivity contribution in [3.8, 4) is 0 Å². The number of nitrogens with zero attached hydrogens (tertiary/aromatic N) is 5. The standard InChI is InChI=1S/C27H17F3N5/c28-26(29)27(30)35-10-2-1-3-25(35)23-14-22-13-20-7-6-18(32-20)11-16-4-5-17(31-16)12-19-8-9-21(33-19)15-24(23)34-22/h1-15,26-27H/q+1. The number of hydrogen-bond acceptors (Lipinski definition) is 4. The Hall–Kier alpha value is -4.46. The average Bonchev–Trinajstić information content (AvgIpc) is 3.64. The summed E-state index contributed by atoms with van der Waals surface area (Å²) in [6.45, 7) is 0. The fourth-order valence-electron chi connectivity index (χ4n) is 4.12. The van der Waals surface area contributed by atoms with Gasteiger partial charge in [-0.1, -0.05) is 0 Å². The van der Waals surface area contributed by atoms with E-state index >= 15 is 0 Å². The third kappa shape index (κ3) is 4.14. The van der Waals surface area contributed by atoms with Crippen molar-refractivity contribution in [1.29, 1.82) is 0 Å². The van der Waals surface area contributed by atoms with Crippen LogP contribution in [0, 0.1) is 0 Å². The first-order chi connectivity index (χ1) is 17.0. The topological polar surface area (TPSA) is 53.3 Å². The SMILES string of the molecule is FC(F)C(F)[n+]1ccccc1C1=CC2=CC3=NC(=CC4=NC(=CC5=NC(=CC1=N2)C=C5)C=C4)C=C3. The highest BCUT2D eigenvalue weighted by atomic mass is 19.3. The van der Waals surface area contributed by atoms with Crippen LogP contribution < -0.4 is 4.57 Å².